The van der Waals surface area contributed by atoms with Gasteiger partial charge in [0.1, 0.15) is 0 Å². The number of ether oxygens (including phenoxy) is 2. The van der Waals surface area contributed by atoms with Crippen LogP contribution in [-0.4, -0.2) is 11.8 Å². The molecule has 0 bridgehead atoms. The maximum atomic E-state index is 9.57. The molecule has 0 aliphatic carbocycles. The zero-order chi connectivity index (χ0) is 16.2. The SMILES string of the molecule is C=Cc1[nH]cc(/C(C#N)=C/c2ccc3c(c2)OCO3)c1/C=C\C. The topological polar surface area (TPSA) is 58.0 Å². The molecule has 1 aliphatic rings. The minimum Gasteiger partial charge on any atom is -0.454 e. The molecule has 2 aromatic rings. The minimum atomic E-state index is 0.236. The van der Waals surface area contributed by atoms with Gasteiger partial charge in [-0.1, -0.05) is 24.8 Å². The Balaban J connectivity index is 2.05. The van der Waals surface area contributed by atoms with Gasteiger partial charge in [0.25, 0.3) is 0 Å². The summed E-state index contributed by atoms with van der Waals surface area (Å²) in [5.41, 5.74) is 4.15. The molecule has 0 amide bonds. The van der Waals surface area contributed by atoms with E-state index >= 15 is 0 Å². The third-order valence-corrected chi connectivity index (χ3v) is 3.61. The zero-order valence-corrected chi connectivity index (χ0v) is 12.8. The van der Waals surface area contributed by atoms with Gasteiger partial charge in [-0.15, -0.1) is 0 Å². The molecule has 1 aliphatic heterocycles. The molecule has 114 valence electrons. The number of rotatable bonds is 4. The van der Waals surface area contributed by atoms with Crippen molar-refractivity contribution in [1.82, 2.24) is 4.98 Å². The molecule has 0 atom stereocenters. The molecule has 0 spiro atoms. The maximum Gasteiger partial charge on any atom is 0.231 e. The van der Waals surface area contributed by atoms with Crippen LogP contribution in [0, 0.1) is 11.3 Å². The molecule has 1 N–H and O–H groups in total. The maximum absolute atomic E-state index is 9.57. The number of aromatic amines is 1. The molecular formula is C19H16N2O2. The molecule has 23 heavy (non-hydrogen) atoms. The van der Waals surface area contributed by atoms with Crippen molar-refractivity contribution in [1.29, 1.82) is 5.26 Å². The molecule has 0 unspecified atom stereocenters. The number of nitrogens with one attached hydrogen (secondary N) is 1. The van der Waals surface area contributed by atoms with E-state index in [0.717, 1.165) is 28.1 Å². The van der Waals surface area contributed by atoms with Gasteiger partial charge < -0.3 is 14.5 Å². The van der Waals surface area contributed by atoms with Crippen LogP contribution >= 0.6 is 0 Å². The average Bonchev–Trinajstić information content (AvgIpc) is 3.19. The first-order valence-corrected chi connectivity index (χ1v) is 7.25. The molecule has 2 heterocycles. The number of hydrogen-bond acceptors (Lipinski definition) is 3. The van der Waals surface area contributed by atoms with Crippen LogP contribution in [0.5, 0.6) is 11.5 Å². The van der Waals surface area contributed by atoms with E-state index in [-0.39, 0.29) is 6.79 Å². The summed E-state index contributed by atoms with van der Waals surface area (Å²) < 4.78 is 10.7. The Labute approximate surface area is 135 Å². The zero-order valence-electron chi connectivity index (χ0n) is 12.8. The summed E-state index contributed by atoms with van der Waals surface area (Å²) in [5, 5.41) is 9.57. The number of allylic oxidation sites excluding steroid dienone is 2. The van der Waals surface area contributed by atoms with E-state index in [1.54, 1.807) is 6.08 Å². The first-order chi connectivity index (χ1) is 11.3. The van der Waals surface area contributed by atoms with E-state index in [2.05, 4.69) is 17.6 Å². The largest absolute Gasteiger partial charge is 0.454 e. The molecule has 0 saturated carbocycles. The van der Waals surface area contributed by atoms with Crippen LogP contribution < -0.4 is 9.47 Å². The number of benzene rings is 1. The van der Waals surface area contributed by atoms with Crippen molar-refractivity contribution in [2.75, 3.05) is 6.79 Å². The third-order valence-electron chi connectivity index (χ3n) is 3.61. The normalized spacial score (nSPS) is 13.3. The van der Waals surface area contributed by atoms with Crippen molar-refractivity contribution in [3.8, 4) is 17.6 Å². The van der Waals surface area contributed by atoms with E-state index < -0.39 is 0 Å². The summed E-state index contributed by atoms with van der Waals surface area (Å²) in [5.74, 6) is 1.43. The highest BCUT2D eigenvalue weighted by molar-refractivity contribution is 5.93. The summed E-state index contributed by atoms with van der Waals surface area (Å²) in [4.78, 5) is 3.15. The quantitative estimate of drug-likeness (QED) is 0.847. The summed E-state index contributed by atoms with van der Waals surface area (Å²) >= 11 is 0. The van der Waals surface area contributed by atoms with Crippen molar-refractivity contribution in [3.05, 3.63) is 59.4 Å². The molecule has 1 aromatic heterocycles. The average molecular weight is 304 g/mol. The smallest absolute Gasteiger partial charge is 0.231 e. The van der Waals surface area contributed by atoms with Crippen molar-refractivity contribution in [2.45, 2.75) is 6.92 Å². The van der Waals surface area contributed by atoms with Gasteiger partial charge in [-0.05, 0) is 36.8 Å². The number of nitrogens with zero attached hydrogens (tertiary/aromatic N) is 1. The second kappa shape index (κ2) is 6.29. The third kappa shape index (κ3) is 2.77. The fraction of sp³-hybridized carbons (Fsp3) is 0.105. The van der Waals surface area contributed by atoms with Gasteiger partial charge in [-0.2, -0.15) is 5.26 Å². The van der Waals surface area contributed by atoms with Gasteiger partial charge in [0.2, 0.25) is 6.79 Å². The molecule has 4 nitrogen and oxygen atoms in total. The molecule has 0 radical (unpaired) electrons. The fourth-order valence-electron chi connectivity index (χ4n) is 2.53. The highest BCUT2D eigenvalue weighted by atomic mass is 16.7. The van der Waals surface area contributed by atoms with Crippen LogP contribution in [0.1, 0.15) is 29.3 Å². The second-order valence-electron chi connectivity index (χ2n) is 5.02. The lowest BCUT2D eigenvalue weighted by Gasteiger charge is -2.02. The number of fused-ring (bicyclic) bond motifs is 1. The first kappa shape index (κ1) is 14.7. The van der Waals surface area contributed by atoms with Gasteiger partial charge in [0.15, 0.2) is 11.5 Å². The molecule has 4 heteroatoms. The summed E-state index contributed by atoms with van der Waals surface area (Å²) in [6.07, 6.45) is 9.32. The number of nitriles is 1. The van der Waals surface area contributed by atoms with E-state index in [1.165, 1.54) is 0 Å². The molecule has 0 fully saturated rings. The Kier molecular flexibility index (Phi) is 4.03. The van der Waals surface area contributed by atoms with E-state index in [0.29, 0.717) is 11.3 Å². The van der Waals surface area contributed by atoms with Crippen molar-refractivity contribution in [3.63, 3.8) is 0 Å². The molecule has 3 rings (SSSR count). The molecule has 0 saturated heterocycles. The standard InChI is InChI=1S/C19H16N2O2/c1-3-5-15-16(11-21-17(15)4-2)14(10-20)8-13-6-7-18-19(9-13)23-12-22-18/h3-9,11,21H,2,12H2,1H3/b5-3-,14-8+. The summed E-state index contributed by atoms with van der Waals surface area (Å²) in [6.45, 7) is 5.98. The monoisotopic (exact) mass is 304 g/mol. The second-order valence-corrected chi connectivity index (χ2v) is 5.02. The lowest BCUT2D eigenvalue weighted by Crippen LogP contribution is -1.92. The highest BCUT2D eigenvalue weighted by Crippen LogP contribution is 2.34. The van der Waals surface area contributed by atoms with Gasteiger partial charge in [-0.25, -0.2) is 0 Å². The lowest BCUT2D eigenvalue weighted by molar-refractivity contribution is 0.174. The van der Waals surface area contributed by atoms with Crippen LogP contribution in [0.3, 0.4) is 0 Å². The minimum absolute atomic E-state index is 0.236. The van der Waals surface area contributed by atoms with E-state index in [9.17, 15) is 5.26 Å². The lowest BCUT2D eigenvalue weighted by atomic mass is 10.0. The van der Waals surface area contributed by atoms with E-state index in [1.807, 2.05) is 49.5 Å². The highest BCUT2D eigenvalue weighted by Gasteiger charge is 2.14. The Bertz CT molecular complexity index is 851. The first-order valence-electron chi connectivity index (χ1n) is 7.25. The van der Waals surface area contributed by atoms with E-state index in [4.69, 9.17) is 9.47 Å². The Morgan fingerprint density at radius 3 is 2.91 bits per heavy atom. The Morgan fingerprint density at radius 2 is 2.17 bits per heavy atom. The van der Waals surface area contributed by atoms with Crippen LogP contribution in [-0.2, 0) is 0 Å². The van der Waals surface area contributed by atoms with Gasteiger partial charge >= 0.3 is 0 Å². The van der Waals surface area contributed by atoms with Gasteiger partial charge in [0.05, 0.1) is 11.6 Å². The summed E-state index contributed by atoms with van der Waals surface area (Å²) in [6, 6.07) is 7.90. The summed E-state index contributed by atoms with van der Waals surface area (Å²) in [7, 11) is 0. The van der Waals surface area contributed by atoms with Crippen molar-refractivity contribution >= 4 is 23.8 Å². The Morgan fingerprint density at radius 1 is 1.35 bits per heavy atom. The Hall–Kier alpha value is -3.19. The molecular weight excluding hydrogens is 288 g/mol. The number of hydrogen-bond donors (Lipinski definition) is 1. The van der Waals surface area contributed by atoms with Crippen molar-refractivity contribution in [2.24, 2.45) is 0 Å². The van der Waals surface area contributed by atoms with Crippen LogP contribution in [0.2, 0.25) is 0 Å². The van der Waals surface area contributed by atoms with Gasteiger partial charge in [0, 0.05) is 23.0 Å². The van der Waals surface area contributed by atoms with Gasteiger partial charge in [-0.3, -0.25) is 0 Å². The number of aromatic nitrogens is 1. The van der Waals surface area contributed by atoms with Crippen molar-refractivity contribution < 1.29 is 9.47 Å². The number of H-pyrrole nitrogens is 1. The predicted molar refractivity (Wildman–Crippen MR) is 91.6 cm³/mol. The fourth-order valence-corrected chi connectivity index (χ4v) is 2.53. The van der Waals surface area contributed by atoms with Crippen LogP contribution in [0.15, 0.2) is 37.1 Å². The van der Waals surface area contributed by atoms with Crippen LogP contribution in [0.4, 0.5) is 0 Å². The van der Waals surface area contributed by atoms with Crippen LogP contribution in [0.25, 0.3) is 23.8 Å². The molecule has 1 aromatic carbocycles. The predicted octanol–water partition coefficient (Wildman–Crippen LogP) is 4.48.